The van der Waals surface area contributed by atoms with Crippen molar-refractivity contribution in [3.63, 3.8) is 0 Å². The van der Waals surface area contributed by atoms with E-state index in [1.165, 1.54) is 0 Å². The minimum atomic E-state index is -1.19. The lowest BCUT2D eigenvalue weighted by atomic mass is 10.1. The molecule has 2 aromatic carbocycles. The van der Waals surface area contributed by atoms with Crippen LogP contribution in [0.15, 0.2) is 60.7 Å². The summed E-state index contributed by atoms with van der Waals surface area (Å²) in [7, 11) is 0. The van der Waals surface area contributed by atoms with Gasteiger partial charge < -0.3 is 10.1 Å². The Morgan fingerprint density at radius 1 is 1.09 bits per heavy atom. The van der Waals surface area contributed by atoms with Crippen molar-refractivity contribution in [2.24, 2.45) is 0 Å². The van der Waals surface area contributed by atoms with Crippen LogP contribution in [-0.4, -0.2) is 12.0 Å². The number of hydroxylamine groups is 1. The number of hydrogen-bond acceptors (Lipinski definition) is 4. The van der Waals surface area contributed by atoms with E-state index in [9.17, 15) is 4.79 Å². The monoisotopic (exact) mass is 298 g/mol. The summed E-state index contributed by atoms with van der Waals surface area (Å²) in [5.41, 5.74) is 4.62. The van der Waals surface area contributed by atoms with Gasteiger partial charge in [-0.25, -0.2) is 0 Å². The van der Waals surface area contributed by atoms with E-state index in [0.29, 0.717) is 6.61 Å². The molecule has 1 heterocycles. The number of amides is 1. The minimum absolute atomic E-state index is 0.226. The summed E-state index contributed by atoms with van der Waals surface area (Å²) in [4.78, 5) is 17.4. The number of carbonyl (C=O) groups is 1. The molecule has 22 heavy (non-hydrogen) atoms. The molecule has 0 bridgehead atoms. The van der Waals surface area contributed by atoms with Crippen LogP contribution in [-0.2, 0) is 26.8 Å². The molecule has 2 unspecified atom stereocenters. The highest BCUT2D eigenvalue weighted by atomic mass is 16.7. The summed E-state index contributed by atoms with van der Waals surface area (Å²) in [6.07, 6.45) is -0.572. The third kappa shape index (κ3) is 3.01. The normalized spacial score (nSPS) is 24.8. The first-order valence-electron chi connectivity index (χ1n) is 7.18. The molecule has 2 aromatic rings. The summed E-state index contributed by atoms with van der Waals surface area (Å²) in [5, 5.41) is 2.87. The number of rotatable bonds is 4. The zero-order valence-corrected chi connectivity index (χ0v) is 12.3. The molecule has 0 aliphatic carbocycles. The number of hydrogen-bond donors (Lipinski definition) is 2. The van der Waals surface area contributed by atoms with Gasteiger partial charge in [0.25, 0.3) is 5.91 Å². The van der Waals surface area contributed by atoms with E-state index in [1.807, 2.05) is 60.7 Å². The van der Waals surface area contributed by atoms with Crippen molar-refractivity contribution in [3.8, 4) is 0 Å². The van der Waals surface area contributed by atoms with E-state index in [2.05, 4.69) is 10.8 Å². The Morgan fingerprint density at radius 3 is 2.36 bits per heavy atom. The Labute approximate surface area is 129 Å². The first-order valence-corrected chi connectivity index (χ1v) is 7.18. The molecule has 114 valence electrons. The second-order valence-electron chi connectivity index (χ2n) is 5.17. The molecule has 2 atom stereocenters. The lowest BCUT2D eigenvalue weighted by Gasteiger charge is -2.40. The summed E-state index contributed by atoms with van der Waals surface area (Å²) >= 11 is 0. The molecule has 0 saturated carbocycles. The van der Waals surface area contributed by atoms with Gasteiger partial charge in [-0.15, -0.1) is 5.48 Å². The van der Waals surface area contributed by atoms with Crippen LogP contribution in [0.2, 0.25) is 0 Å². The van der Waals surface area contributed by atoms with Crippen molar-refractivity contribution < 1.29 is 14.4 Å². The van der Waals surface area contributed by atoms with Crippen LogP contribution in [0.25, 0.3) is 0 Å². The number of ether oxygens (including phenoxy) is 1. The maximum atomic E-state index is 12.0. The van der Waals surface area contributed by atoms with Gasteiger partial charge in [0, 0.05) is 5.56 Å². The van der Waals surface area contributed by atoms with Gasteiger partial charge in [0.2, 0.25) is 5.85 Å². The highest BCUT2D eigenvalue weighted by Gasteiger charge is 2.41. The van der Waals surface area contributed by atoms with Crippen LogP contribution in [0.1, 0.15) is 18.1 Å². The van der Waals surface area contributed by atoms with E-state index >= 15 is 0 Å². The average Bonchev–Trinajstić information content (AvgIpc) is 2.58. The van der Waals surface area contributed by atoms with Crippen molar-refractivity contribution in [2.75, 3.05) is 0 Å². The predicted molar refractivity (Wildman–Crippen MR) is 81.2 cm³/mol. The Bertz CT molecular complexity index is 633. The second kappa shape index (κ2) is 6.27. The fraction of sp³-hybridized carbons (Fsp3) is 0.235. The number of nitrogens with one attached hydrogen (secondary N) is 2. The van der Waals surface area contributed by atoms with Gasteiger partial charge >= 0.3 is 0 Å². The summed E-state index contributed by atoms with van der Waals surface area (Å²) in [6.45, 7) is 2.01. The van der Waals surface area contributed by atoms with Crippen LogP contribution in [0.3, 0.4) is 0 Å². The van der Waals surface area contributed by atoms with Crippen LogP contribution in [0.4, 0.5) is 0 Å². The van der Waals surface area contributed by atoms with Crippen LogP contribution >= 0.6 is 0 Å². The largest absolute Gasteiger partial charge is 0.333 e. The molecule has 1 aliphatic rings. The molecule has 1 aliphatic heterocycles. The SMILES string of the molecule is CC1ONC(OCc2ccccc2)(c2ccccc2)NC1=O. The van der Waals surface area contributed by atoms with Gasteiger partial charge in [0.05, 0.1) is 6.61 Å². The fourth-order valence-corrected chi connectivity index (χ4v) is 2.24. The standard InChI is InChI=1S/C17H18N2O3/c1-13-16(20)18-17(19-22-13,15-10-6-3-7-11-15)21-12-14-8-4-2-5-9-14/h2-11,13,19H,12H2,1H3,(H,18,20). The number of benzene rings is 2. The van der Waals surface area contributed by atoms with Gasteiger partial charge in [0.15, 0.2) is 6.10 Å². The van der Waals surface area contributed by atoms with Gasteiger partial charge in [-0.2, -0.15) is 0 Å². The highest BCUT2D eigenvalue weighted by Crippen LogP contribution is 2.24. The molecular formula is C17H18N2O3. The molecule has 1 amide bonds. The van der Waals surface area contributed by atoms with Crippen molar-refractivity contribution >= 4 is 5.91 Å². The van der Waals surface area contributed by atoms with Crippen LogP contribution < -0.4 is 10.8 Å². The summed E-state index contributed by atoms with van der Waals surface area (Å²) < 4.78 is 5.99. The van der Waals surface area contributed by atoms with Crippen molar-refractivity contribution in [3.05, 3.63) is 71.8 Å². The maximum Gasteiger partial charge on any atom is 0.254 e. The Hall–Kier alpha value is -2.21. The quantitative estimate of drug-likeness (QED) is 0.907. The van der Waals surface area contributed by atoms with Crippen LogP contribution in [0, 0.1) is 0 Å². The zero-order chi connectivity index (χ0) is 15.4. The molecule has 1 fully saturated rings. The Kier molecular flexibility index (Phi) is 4.20. The van der Waals surface area contributed by atoms with Crippen molar-refractivity contribution in [1.82, 2.24) is 10.8 Å². The third-order valence-electron chi connectivity index (χ3n) is 3.53. The molecule has 2 N–H and O–H groups in total. The molecule has 1 saturated heterocycles. The Balaban J connectivity index is 1.85. The third-order valence-corrected chi connectivity index (χ3v) is 3.53. The first-order chi connectivity index (χ1) is 10.7. The summed E-state index contributed by atoms with van der Waals surface area (Å²) in [5.74, 6) is -1.42. The fourth-order valence-electron chi connectivity index (χ4n) is 2.24. The van der Waals surface area contributed by atoms with E-state index in [4.69, 9.17) is 9.57 Å². The van der Waals surface area contributed by atoms with Gasteiger partial charge in [-0.3, -0.25) is 9.63 Å². The van der Waals surface area contributed by atoms with E-state index in [-0.39, 0.29) is 5.91 Å². The summed E-state index contributed by atoms with van der Waals surface area (Å²) in [6, 6.07) is 19.2. The van der Waals surface area contributed by atoms with E-state index in [1.54, 1.807) is 6.92 Å². The number of carbonyl (C=O) groups excluding carboxylic acids is 1. The molecule has 0 spiro atoms. The minimum Gasteiger partial charge on any atom is -0.333 e. The highest BCUT2D eigenvalue weighted by molar-refractivity contribution is 5.81. The van der Waals surface area contributed by atoms with Crippen molar-refractivity contribution in [1.29, 1.82) is 0 Å². The van der Waals surface area contributed by atoms with Gasteiger partial charge in [-0.05, 0) is 12.5 Å². The topological polar surface area (TPSA) is 59.6 Å². The molecule has 5 heteroatoms. The van der Waals surface area contributed by atoms with E-state index in [0.717, 1.165) is 11.1 Å². The first kappa shape index (κ1) is 14.7. The Morgan fingerprint density at radius 2 is 1.73 bits per heavy atom. The molecule has 0 aromatic heterocycles. The second-order valence-corrected chi connectivity index (χ2v) is 5.17. The molecule has 5 nitrogen and oxygen atoms in total. The predicted octanol–water partition coefficient (Wildman–Crippen LogP) is 2.05. The molecular weight excluding hydrogens is 280 g/mol. The zero-order valence-electron chi connectivity index (χ0n) is 12.3. The van der Waals surface area contributed by atoms with Crippen LogP contribution in [0.5, 0.6) is 0 Å². The smallest absolute Gasteiger partial charge is 0.254 e. The lowest BCUT2D eigenvalue weighted by Crippen LogP contribution is -2.65. The molecule has 3 rings (SSSR count). The average molecular weight is 298 g/mol. The molecule has 0 radical (unpaired) electrons. The van der Waals surface area contributed by atoms with Gasteiger partial charge in [0.1, 0.15) is 0 Å². The van der Waals surface area contributed by atoms with Crippen molar-refractivity contribution in [2.45, 2.75) is 25.5 Å². The van der Waals surface area contributed by atoms with Gasteiger partial charge in [-0.1, -0.05) is 60.7 Å². The van der Waals surface area contributed by atoms with E-state index < -0.39 is 12.0 Å². The lowest BCUT2D eigenvalue weighted by molar-refractivity contribution is -0.235. The maximum absolute atomic E-state index is 12.0.